The first-order chi connectivity index (χ1) is 20.7. The summed E-state index contributed by atoms with van der Waals surface area (Å²) >= 11 is 0. The van der Waals surface area contributed by atoms with Gasteiger partial charge in [-0.15, -0.1) is 0 Å². The Morgan fingerprint density at radius 1 is 0.953 bits per heavy atom. The lowest BCUT2D eigenvalue weighted by molar-refractivity contribution is -0.139. The summed E-state index contributed by atoms with van der Waals surface area (Å²) in [4.78, 5) is 52.3. The third-order valence-electron chi connectivity index (χ3n) is 6.94. The van der Waals surface area contributed by atoms with Crippen LogP contribution >= 0.6 is 0 Å². The number of nitrogens with one attached hydrogen (secondary N) is 1. The van der Waals surface area contributed by atoms with Crippen LogP contribution in [0.15, 0.2) is 65.7 Å². The lowest BCUT2D eigenvalue weighted by atomic mass is 9.64. The molecule has 0 unspecified atom stereocenters. The molecule has 1 saturated heterocycles. The number of carboxylic acids is 1. The molecule has 0 bridgehead atoms. The summed E-state index contributed by atoms with van der Waals surface area (Å²) in [6.07, 6.45) is -0.00958. The Hall–Kier alpha value is -4.07. The van der Waals surface area contributed by atoms with E-state index in [9.17, 15) is 24.2 Å². The first-order valence-electron chi connectivity index (χ1n) is 14.3. The Morgan fingerprint density at radius 3 is 2.19 bits per heavy atom. The molecule has 1 aliphatic heterocycles. The van der Waals surface area contributed by atoms with E-state index in [1.165, 1.54) is 0 Å². The Bertz CT molecular complexity index is 1230. The van der Waals surface area contributed by atoms with Crippen LogP contribution in [0.1, 0.15) is 62.5 Å². The Labute approximate surface area is 250 Å². The highest BCUT2D eigenvalue weighted by atomic mass is 16.6. The van der Waals surface area contributed by atoms with Gasteiger partial charge in [0.2, 0.25) is 0 Å². The standard InChI is InChI=1S/C30H38BN3O9/c32-25(26(35)17-23-15-16-24(18-28(36)37)43-31(23)40)13-7-8-14-27(33-29(38)41-19-21-9-3-1-4-10-21)34-30(39)42-20-22-11-5-2-6-12-22/h1-6,9-12,23-25,40H,7-8,13-20,32H2,(H,36,37)(H,33,34,38,39)/t23-,24+,25-/m1/s1. The molecule has 0 saturated carbocycles. The second kappa shape index (κ2) is 17.8. The summed E-state index contributed by atoms with van der Waals surface area (Å²) in [5.74, 6) is -1.62. The molecule has 13 heteroatoms. The maximum atomic E-state index is 12.7. The van der Waals surface area contributed by atoms with Crippen LogP contribution in [0.4, 0.5) is 9.59 Å². The van der Waals surface area contributed by atoms with Crippen molar-refractivity contribution >= 4 is 36.9 Å². The predicted molar refractivity (Wildman–Crippen MR) is 158 cm³/mol. The van der Waals surface area contributed by atoms with Crippen molar-refractivity contribution < 1.29 is 43.4 Å². The fourth-order valence-electron chi connectivity index (χ4n) is 4.58. The molecule has 0 radical (unpaired) electrons. The number of amides is 2. The highest BCUT2D eigenvalue weighted by Gasteiger charge is 2.37. The fraction of sp³-hybridized carbons (Fsp3) is 0.433. The minimum atomic E-state index is -1.22. The van der Waals surface area contributed by atoms with E-state index in [1.54, 1.807) is 12.1 Å². The highest BCUT2D eigenvalue weighted by molar-refractivity contribution is 6.45. The number of alkyl carbamates (subject to hydrolysis) is 1. The van der Waals surface area contributed by atoms with Crippen molar-refractivity contribution in [1.82, 2.24) is 5.32 Å². The number of Topliss-reactive ketones (excluding diaryl/α,β-unsaturated/α-hetero) is 1. The number of amidine groups is 1. The van der Waals surface area contributed by atoms with Crippen LogP contribution in [-0.4, -0.2) is 59.2 Å². The van der Waals surface area contributed by atoms with E-state index in [0.29, 0.717) is 32.1 Å². The van der Waals surface area contributed by atoms with Gasteiger partial charge in [0, 0.05) is 18.7 Å². The van der Waals surface area contributed by atoms with Crippen molar-refractivity contribution in [1.29, 1.82) is 0 Å². The number of aliphatic carboxylic acids is 1. The average Bonchev–Trinajstić information content (AvgIpc) is 2.99. The molecule has 12 nitrogen and oxygen atoms in total. The van der Waals surface area contributed by atoms with Crippen LogP contribution in [0.2, 0.25) is 5.82 Å². The number of carboxylic acid groups (broad SMARTS) is 1. The molecule has 0 spiro atoms. The minimum Gasteiger partial charge on any atom is -0.481 e. The molecule has 3 atom stereocenters. The monoisotopic (exact) mass is 595 g/mol. The molecular formula is C30H38BN3O9. The normalized spacial score (nSPS) is 17.5. The topological polar surface area (TPSA) is 187 Å². The molecule has 230 valence electrons. The van der Waals surface area contributed by atoms with E-state index in [2.05, 4.69) is 10.3 Å². The molecule has 2 amide bonds. The minimum absolute atomic E-state index is 0.0207. The number of nitrogens with zero attached hydrogens (tertiary/aromatic N) is 1. The zero-order valence-corrected chi connectivity index (χ0v) is 23.9. The number of unbranched alkanes of at least 4 members (excludes halogenated alkanes) is 1. The van der Waals surface area contributed by atoms with E-state index in [4.69, 9.17) is 25.0 Å². The summed E-state index contributed by atoms with van der Waals surface area (Å²) in [5.41, 5.74) is 7.68. The molecule has 5 N–H and O–H groups in total. The van der Waals surface area contributed by atoms with Crippen molar-refractivity contribution in [2.45, 2.75) is 82.5 Å². The number of hydrogen-bond donors (Lipinski definition) is 4. The summed E-state index contributed by atoms with van der Waals surface area (Å²) < 4.78 is 15.8. The van der Waals surface area contributed by atoms with Gasteiger partial charge < -0.3 is 30.0 Å². The van der Waals surface area contributed by atoms with Crippen LogP contribution in [0.25, 0.3) is 0 Å². The van der Waals surface area contributed by atoms with E-state index < -0.39 is 43.2 Å². The summed E-state index contributed by atoms with van der Waals surface area (Å²) in [6.45, 7) is 0.0587. The van der Waals surface area contributed by atoms with Gasteiger partial charge in [-0.3, -0.25) is 14.9 Å². The number of ketones is 1. The third-order valence-corrected chi connectivity index (χ3v) is 6.94. The van der Waals surface area contributed by atoms with Crippen LogP contribution < -0.4 is 11.1 Å². The number of carbonyl (C=O) groups is 4. The second-order valence-corrected chi connectivity index (χ2v) is 10.4. The number of rotatable bonds is 14. The molecule has 1 fully saturated rings. The number of benzene rings is 2. The van der Waals surface area contributed by atoms with Gasteiger partial charge in [-0.05, 0) is 36.8 Å². The van der Waals surface area contributed by atoms with Gasteiger partial charge in [0.15, 0.2) is 0 Å². The van der Waals surface area contributed by atoms with Gasteiger partial charge >= 0.3 is 25.3 Å². The zero-order chi connectivity index (χ0) is 31.0. The van der Waals surface area contributed by atoms with Gasteiger partial charge in [-0.25, -0.2) is 9.59 Å². The maximum Gasteiger partial charge on any atom is 0.458 e. The maximum absolute atomic E-state index is 12.7. The number of ether oxygens (including phenoxy) is 2. The summed E-state index contributed by atoms with van der Waals surface area (Å²) in [6, 6.07) is 17.4. The Balaban J connectivity index is 1.47. The number of carbonyl (C=O) groups excluding carboxylic acids is 3. The van der Waals surface area contributed by atoms with Crippen LogP contribution in [0, 0.1) is 0 Å². The summed E-state index contributed by atoms with van der Waals surface area (Å²) in [7, 11) is -1.22. The Morgan fingerprint density at radius 2 is 1.58 bits per heavy atom. The molecule has 0 aliphatic carbocycles. The smallest absolute Gasteiger partial charge is 0.458 e. The predicted octanol–water partition coefficient (Wildman–Crippen LogP) is 4.00. The van der Waals surface area contributed by atoms with Crippen molar-refractivity contribution in [3.63, 3.8) is 0 Å². The first kappa shape index (κ1) is 33.4. The van der Waals surface area contributed by atoms with Crippen molar-refractivity contribution in [2.75, 3.05) is 0 Å². The molecule has 2 aromatic carbocycles. The van der Waals surface area contributed by atoms with Gasteiger partial charge in [-0.1, -0.05) is 67.1 Å². The van der Waals surface area contributed by atoms with Gasteiger partial charge in [0.25, 0.3) is 0 Å². The first-order valence-corrected chi connectivity index (χ1v) is 14.3. The molecule has 43 heavy (non-hydrogen) atoms. The number of hydrogen-bond acceptors (Lipinski definition) is 9. The average molecular weight is 595 g/mol. The highest BCUT2D eigenvalue weighted by Crippen LogP contribution is 2.31. The van der Waals surface area contributed by atoms with Crippen LogP contribution in [0.5, 0.6) is 0 Å². The molecule has 2 aromatic rings. The van der Waals surface area contributed by atoms with Gasteiger partial charge in [0.05, 0.1) is 18.6 Å². The number of nitrogens with two attached hydrogens (primary N) is 1. The largest absolute Gasteiger partial charge is 0.481 e. The van der Waals surface area contributed by atoms with Gasteiger partial charge in [-0.2, -0.15) is 4.99 Å². The van der Waals surface area contributed by atoms with Crippen molar-refractivity contribution in [2.24, 2.45) is 10.7 Å². The molecular weight excluding hydrogens is 557 g/mol. The fourth-order valence-corrected chi connectivity index (χ4v) is 4.58. The Kier molecular flexibility index (Phi) is 13.8. The third kappa shape index (κ3) is 12.8. The molecule has 3 rings (SSSR count). The SMILES string of the molecule is N[C@H](CCCCC(=NC(=O)OCc1ccccc1)NC(=O)OCc1ccccc1)C(=O)C[C@H]1CC[C@@H](CC(=O)O)OB1O. The quantitative estimate of drug-likeness (QED) is 0.108. The summed E-state index contributed by atoms with van der Waals surface area (Å²) in [5, 5.41) is 21.6. The van der Waals surface area contributed by atoms with E-state index in [0.717, 1.165) is 11.1 Å². The van der Waals surface area contributed by atoms with Crippen LogP contribution in [-0.2, 0) is 36.9 Å². The lowest BCUT2D eigenvalue weighted by Crippen LogP contribution is -2.40. The molecule has 1 heterocycles. The lowest BCUT2D eigenvalue weighted by Gasteiger charge is -2.30. The van der Waals surface area contributed by atoms with E-state index >= 15 is 0 Å². The molecule has 1 aliphatic rings. The zero-order valence-electron chi connectivity index (χ0n) is 23.9. The van der Waals surface area contributed by atoms with Crippen LogP contribution in [0.3, 0.4) is 0 Å². The van der Waals surface area contributed by atoms with Crippen molar-refractivity contribution in [3.05, 3.63) is 71.8 Å². The van der Waals surface area contributed by atoms with Crippen molar-refractivity contribution in [3.8, 4) is 0 Å². The van der Waals surface area contributed by atoms with E-state index in [-0.39, 0.29) is 44.1 Å². The molecule has 0 aromatic heterocycles. The van der Waals surface area contributed by atoms with E-state index in [1.807, 2.05) is 48.5 Å². The number of aliphatic imine (C=N–C) groups is 1. The van der Waals surface area contributed by atoms with Gasteiger partial charge in [0.1, 0.15) is 24.8 Å². The second-order valence-electron chi connectivity index (χ2n) is 10.4.